The molecule has 0 aliphatic carbocycles. The third-order valence-electron chi connectivity index (χ3n) is 10.5. The van der Waals surface area contributed by atoms with Crippen molar-refractivity contribution in [3.63, 3.8) is 0 Å². The molecule has 10 rings (SSSR count). The second kappa shape index (κ2) is 13.4. The Balaban J connectivity index is 1.23. The molecular formula is C52H35NO. The maximum absolute atomic E-state index is 6.96. The number of nitrogens with zero attached hydrogens (tertiary/aromatic N) is 1. The van der Waals surface area contributed by atoms with Crippen LogP contribution in [-0.2, 0) is 0 Å². The van der Waals surface area contributed by atoms with Crippen LogP contribution in [0.1, 0.15) is 0 Å². The van der Waals surface area contributed by atoms with Crippen molar-refractivity contribution in [2.75, 3.05) is 4.90 Å². The maximum atomic E-state index is 6.96. The van der Waals surface area contributed by atoms with Crippen molar-refractivity contribution in [2.24, 2.45) is 0 Å². The van der Waals surface area contributed by atoms with Gasteiger partial charge in [0, 0.05) is 38.7 Å². The first-order valence-corrected chi connectivity index (χ1v) is 18.4. The van der Waals surface area contributed by atoms with Crippen molar-refractivity contribution in [3.8, 4) is 44.5 Å². The summed E-state index contributed by atoms with van der Waals surface area (Å²) in [6, 6.07) is 75.7. The SMILES string of the molecule is c1ccc(-c2ccc(N(c3ccccc3)c3cc(-c4ccc(-c5ccccc5)c5oc6c7ccccc7ccc6c45)ccc3-c3ccccc3)cc2)cc1. The largest absolute Gasteiger partial charge is 0.455 e. The van der Waals surface area contributed by atoms with Crippen molar-refractivity contribution in [1.29, 1.82) is 0 Å². The molecule has 54 heavy (non-hydrogen) atoms. The zero-order valence-corrected chi connectivity index (χ0v) is 29.6. The number of anilines is 3. The van der Waals surface area contributed by atoms with E-state index in [1.165, 1.54) is 11.1 Å². The smallest absolute Gasteiger partial charge is 0.143 e. The lowest BCUT2D eigenvalue weighted by molar-refractivity contribution is 0.674. The quantitative estimate of drug-likeness (QED) is 0.166. The molecule has 254 valence electrons. The van der Waals surface area contributed by atoms with Crippen molar-refractivity contribution in [1.82, 2.24) is 0 Å². The summed E-state index contributed by atoms with van der Waals surface area (Å²) in [6.45, 7) is 0. The van der Waals surface area contributed by atoms with Crippen LogP contribution < -0.4 is 4.90 Å². The molecule has 0 aliphatic rings. The van der Waals surface area contributed by atoms with Crippen LogP contribution >= 0.6 is 0 Å². The second-order valence-corrected chi connectivity index (χ2v) is 13.7. The average Bonchev–Trinajstić information content (AvgIpc) is 3.66. The van der Waals surface area contributed by atoms with Crippen LogP contribution in [0.2, 0.25) is 0 Å². The summed E-state index contributed by atoms with van der Waals surface area (Å²) in [4.78, 5) is 2.39. The third kappa shape index (κ3) is 5.53. The lowest BCUT2D eigenvalue weighted by Crippen LogP contribution is -2.11. The fourth-order valence-corrected chi connectivity index (χ4v) is 7.88. The summed E-state index contributed by atoms with van der Waals surface area (Å²) >= 11 is 0. The molecule has 0 aliphatic heterocycles. The molecule has 0 saturated heterocycles. The maximum Gasteiger partial charge on any atom is 0.143 e. The highest BCUT2D eigenvalue weighted by Gasteiger charge is 2.22. The van der Waals surface area contributed by atoms with Crippen LogP contribution in [0.25, 0.3) is 77.2 Å². The van der Waals surface area contributed by atoms with E-state index in [4.69, 9.17) is 4.42 Å². The van der Waals surface area contributed by atoms with Crippen molar-refractivity contribution < 1.29 is 4.42 Å². The molecule has 0 amide bonds. The fraction of sp³-hybridized carbons (Fsp3) is 0. The van der Waals surface area contributed by atoms with Gasteiger partial charge in [0.2, 0.25) is 0 Å². The van der Waals surface area contributed by atoms with Crippen molar-refractivity contribution in [3.05, 3.63) is 212 Å². The van der Waals surface area contributed by atoms with E-state index in [9.17, 15) is 0 Å². The van der Waals surface area contributed by atoms with Gasteiger partial charge in [-0.1, -0.05) is 170 Å². The first-order valence-electron chi connectivity index (χ1n) is 18.4. The Morgan fingerprint density at radius 3 is 1.54 bits per heavy atom. The Kier molecular flexibility index (Phi) is 7.85. The number of hydrogen-bond acceptors (Lipinski definition) is 2. The summed E-state index contributed by atoms with van der Waals surface area (Å²) < 4.78 is 6.96. The summed E-state index contributed by atoms with van der Waals surface area (Å²) in [5.74, 6) is 0. The third-order valence-corrected chi connectivity index (χ3v) is 10.5. The Bertz CT molecular complexity index is 2900. The van der Waals surface area contributed by atoms with Gasteiger partial charge in [0.1, 0.15) is 11.2 Å². The van der Waals surface area contributed by atoms with E-state index in [1.54, 1.807) is 0 Å². The van der Waals surface area contributed by atoms with Gasteiger partial charge >= 0.3 is 0 Å². The molecule has 0 N–H and O–H groups in total. The van der Waals surface area contributed by atoms with E-state index in [0.717, 1.165) is 83.2 Å². The van der Waals surface area contributed by atoms with Crippen LogP contribution in [0.5, 0.6) is 0 Å². The highest BCUT2D eigenvalue weighted by atomic mass is 16.3. The Labute approximate surface area is 314 Å². The molecule has 1 aromatic heterocycles. The van der Waals surface area contributed by atoms with Crippen molar-refractivity contribution >= 4 is 49.8 Å². The van der Waals surface area contributed by atoms with Gasteiger partial charge in [-0.15, -0.1) is 0 Å². The molecule has 0 atom stereocenters. The number of furan rings is 1. The second-order valence-electron chi connectivity index (χ2n) is 13.7. The number of fused-ring (bicyclic) bond motifs is 5. The Morgan fingerprint density at radius 1 is 0.315 bits per heavy atom. The monoisotopic (exact) mass is 689 g/mol. The van der Waals surface area contributed by atoms with Crippen LogP contribution in [0.3, 0.4) is 0 Å². The zero-order valence-electron chi connectivity index (χ0n) is 29.6. The fourth-order valence-electron chi connectivity index (χ4n) is 7.88. The lowest BCUT2D eigenvalue weighted by Gasteiger charge is -2.29. The van der Waals surface area contributed by atoms with Gasteiger partial charge in [0.25, 0.3) is 0 Å². The van der Waals surface area contributed by atoms with Gasteiger partial charge in [-0.3, -0.25) is 0 Å². The predicted molar refractivity (Wildman–Crippen MR) is 228 cm³/mol. The molecule has 0 saturated carbocycles. The molecule has 0 fully saturated rings. The molecule has 9 aromatic carbocycles. The predicted octanol–water partition coefficient (Wildman–Crippen LogP) is 14.9. The van der Waals surface area contributed by atoms with Gasteiger partial charge in [-0.05, 0) is 81.2 Å². The van der Waals surface area contributed by atoms with Gasteiger partial charge < -0.3 is 9.32 Å². The molecule has 0 unspecified atom stereocenters. The summed E-state index contributed by atoms with van der Waals surface area (Å²) in [6.07, 6.45) is 0. The molecule has 2 heteroatoms. The van der Waals surface area contributed by atoms with Gasteiger partial charge in [0.05, 0.1) is 5.69 Å². The van der Waals surface area contributed by atoms with Crippen molar-refractivity contribution in [2.45, 2.75) is 0 Å². The van der Waals surface area contributed by atoms with Gasteiger partial charge in [-0.25, -0.2) is 0 Å². The van der Waals surface area contributed by atoms with E-state index in [0.29, 0.717) is 0 Å². The molecule has 0 spiro atoms. The van der Waals surface area contributed by atoms with Crippen LogP contribution in [-0.4, -0.2) is 0 Å². The first kappa shape index (κ1) is 31.6. The Morgan fingerprint density at radius 2 is 0.833 bits per heavy atom. The molecule has 1 heterocycles. The number of hydrogen-bond donors (Lipinski definition) is 0. The minimum absolute atomic E-state index is 0.898. The molecule has 0 radical (unpaired) electrons. The normalized spacial score (nSPS) is 11.3. The van der Waals surface area contributed by atoms with Gasteiger partial charge in [0.15, 0.2) is 0 Å². The topological polar surface area (TPSA) is 16.4 Å². The summed E-state index contributed by atoms with van der Waals surface area (Å²) in [5, 5.41) is 4.51. The minimum Gasteiger partial charge on any atom is -0.455 e. The molecule has 2 nitrogen and oxygen atoms in total. The minimum atomic E-state index is 0.898. The van der Waals surface area contributed by atoms with Crippen LogP contribution in [0.15, 0.2) is 217 Å². The number of para-hydroxylation sites is 1. The summed E-state index contributed by atoms with van der Waals surface area (Å²) in [7, 11) is 0. The van der Waals surface area contributed by atoms with E-state index < -0.39 is 0 Å². The average molecular weight is 690 g/mol. The number of benzene rings is 9. The zero-order chi connectivity index (χ0) is 35.8. The number of rotatable bonds is 7. The highest BCUT2D eigenvalue weighted by Crippen LogP contribution is 2.47. The molecule has 10 aromatic rings. The van der Waals surface area contributed by atoms with Gasteiger partial charge in [-0.2, -0.15) is 0 Å². The summed E-state index contributed by atoms with van der Waals surface area (Å²) in [5.41, 5.74) is 14.2. The van der Waals surface area contributed by atoms with Crippen LogP contribution in [0, 0.1) is 0 Å². The standard InChI is InChI=1S/C52H35NO/c1-5-15-36(16-6-1)37-25-29-43(30-26-37)53(42-22-11-4-12-23-42)49-35-41(28-31-44(49)38-17-7-2-8-18-38)45-33-34-47(39-19-9-3-10-20-39)52-50(45)48-32-27-40-21-13-14-24-46(40)51(48)54-52/h1-35H. The van der Waals surface area contributed by atoms with E-state index in [1.807, 2.05) is 0 Å². The highest BCUT2D eigenvalue weighted by molar-refractivity contribution is 6.21. The lowest BCUT2D eigenvalue weighted by atomic mass is 9.92. The van der Waals surface area contributed by atoms with Crippen LogP contribution in [0.4, 0.5) is 17.1 Å². The van der Waals surface area contributed by atoms with E-state index in [-0.39, 0.29) is 0 Å². The van der Waals surface area contributed by atoms with E-state index >= 15 is 0 Å². The first-order chi connectivity index (χ1) is 26.8. The van der Waals surface area contributed by atoms with E-state index in [2.05, 4.69) is 217 Å². The Hall–Kier alpha value is -7.16. The molecule has 0 bridgehead atoms. The molecular weight excluding hydrogens is 655 g/mol.